The predicted octanol–water partition coefficient (Wildman–Crippen LogP) is 1.52. The molecule has 6 heteroatoms. The summed E-state index contributed by atoms with van der Waals surface area (Å²) < 4.78 is 0. The van der Waals surface area contributed by atoms with Crippen molar-refractivity contribution in [3.63, 3.8) is 0 Å². The van der Waals surface area contributed by atoms with E-state index >= 15 is 0 Å². The quantitative estimate of drug-likeness (QED) is 0.758. The second-order valence-electron chi connectivity index (χ2n) is 7.00. The van der Waals surface area contributed by atoms with Gasteiger partial charge in [-0.3, -0.25) is 4.90 Å². The van der Waals surface area contributed by atoms with Gasteiger partial charge in [-0.15, -0.1) is 0 Å². The van der Waals surface area contributed by atoms with Crippen LogP contribution in [0.15, 0.2) is 18.2 Å². The molecule has 3 saturated heterocycles. The van der Waals surface area contributed by atoms with Gasteiger partial charge in [-0.25, -0.2) is 0 Å². The first-order valence-corrected chi connectivity index (χ1v) is 10.1. The average molecular weight is 366 g/mol. The van der Waals surface area contributed by atoms with Gasteiger partial charge in [0.25, 0.3) is 0 Å². The van der Waals surface area contributed by atoms with Crippen molar-refractivity contribution in [1.82, 2.24) is 20.9 Å². The molecular formula is C19H32ClN5. The molecule has 0 aromatic heterocycles. The Hall–Kier alpha value is -0.850. The van der Waals surface area contributed by atoms with Gasteiger partial charge in [0.05, 0.1) is 0 Å². The molecule has 0 bridgehead atoms. The summed E-state index contributed by atoms with van der Waals surface area (Å²) in [6.45, 7) is 12.3. The second kappa shape index (κ2) is 10.3. The molecule has 0 aliphatic carbocycles. The molecule has 25 heavy (non-hydrogen) atoms. The van der Waals surface area contributed by atoms with E-state index in [-0.39, 0.29) is 0 Å². The molecule has 3 fully saturated rings. The number of nitrogens with one attached hydrogen (secondary N) is 3. The Balaban J connectivity index is 0.000000258. The van der Waals surface area contributed by atoms with Gasteiger partial charge in [0.2, 0.25) is 0 Å². The smallest absolute Gasteiger partial charge is 0.0471 e. The highest BCUT2D eigenvalue weighted by molar-refractivity contribution is 6.31. The summed E-state index contributed by atoms with van der Waals surface area (Å²) in [5, 5.41) is 10.7. The molecule has 3 heterocycles. The molecule has 3 aliphatic rings. The van der Waals surface area contributed by atoms with Gasteiger partial charge in [-0.1, -0.05) is 17.7 Å². The molecule has 0 unspecified atom stereocenters. The number of halogens is 1. The van der Waals surface area contributed by atoms with Crippen LogP contribution in [0.25, 0.3) is 0 Å². The fourth-order valence-electron chi connectivity index (χ4n) is 3.55. The van der Waals surface area contributed by atoms with Crippen molar-refractivity contribution < 1.29 is 0 Å². The Morgan fingerprint density at radius 1 is 0.800 bits per heavy atom. The van der Waals surface area contributed by atoms with Crippen LogP contribution in [0.1, 0.15) is 18.4 Å². The molecule has 0 atom stereocenters. The molecule has 0 amide bonds. The largest absolute Gasteiger partial charge is 0.371 e. The number of piperazine rings is 2. The van der Waals surface area contributed by atoms with E-state index in [0.29, 0.717) is 0 Å². The third-order valence-corrected chi connectivity index (χ3v) is 5.42. The van der Waals surface area contributed by atoms with E-state index in [1.165, 1.54) is 37.2 Å². The SMILES string of the molecule is C1CNCCN1.Clc1cc(N2CCCC2)ccc1CN1CCNCC1. The van der Waals surface area contributed by atoms with E-state index in [0.717, 1.165) is 63.9 Å². The van der Waals surface area contributed by atoms with Crippen molar-refractivity contribution in [2.24, 2.45) is 0 Å². The number of hydrogen-bond acceptors (Lipinski definition) is 5. The Labute approximate surface area is 157 Å². The van der Waals surface area contributed by atoms with E-state index in [9.17, 15) is 0 Å². The lowest BCUT2D eigenvalue weighted by Crippen LogP contribution is -2.42. The van der Waals surface area contributed by atoms with E-state index in [1.54, 1.807) is 0 Å². The number of benzene rings is 1. The summed E-state index contributed by atoms with van der Waals surface area (Å²) in [4.78, 5) is 4.90. The third kappa shape index (κ3) is 6.12. The van der Waals surface area contributed by atoms with Crippen molar-refractivity contribution in [3.05, 3.63) is 28.8 Å². The minimum Gasteiger partial charge on any atom is -0.371 e. The predicted molar refractivity (Wildman–Crippen MR) is 107 cm³/mol. The number of rotatable bonds is 3. The lowest BCUT2D eigenvalue weighted by atomic mass is 10.1. The molecule has 0 radical (unpaired) electrons. The molecule has 140 valence electrons. The Morgan fingerprint density at radius 3 is 1.96 bits per heavy atom. The van der Waals surface area contributed by atoms with E-state index in [2.05, 4.69) is 43.9 Å². The van der Waals surface area contributed by atoms with Gasteiger partial charge in [-0.2, -0.15) is 0 Å². The summed E-state index contributed by atoms with van der Waals surface area (Å²) in [6.07, 6.45) is 2.61. The summed E-state index contributed by atoms with van der Waals surface area (Å²) in [6, 6.07) is 6.58. The first-order chi connectivity index (χ1) is 12.3. The van der Waals surface area contributed by atoms with Crippen LogP contribution in [0, 0.1) is 0 Å². The van der Waals surface area contributed by atoms with Crippen LogP contribution in [-0.4, -0.2) is 70.3 Å². The van der Waals surface area contributed by atoms with Crippen molar-refractivity contribution in [3.8, 4) is 0 Å². The van der Waals surface area contributed by atoms with Crippen LogP contribution in [0.5, 0.6) is 0 Å². The Bertz CT molecular complexity index is 497. The average Bonchev–Trinajstić information content (AvgIpc) is 3.21. The van der Waals surface area contributed by atoms with Crippen LogP contribution in [0.3, 0.4) is 0 Å². The van der Waals surface area contributed by atoms with Crippen molar-refractivity contribution in [1.29, 1.82) is 0 Å². The zero-order valence-electron chi connectivity index (χ0n) is 15.2. The van der Waals surface area contributed by atoms with Crippen LogP contribution < -0.4 is 20.9 Å². The summed E-state index contributed by atoms with van der Waals surface area (Å²) in [7, 11) is 0. The first-order valence-electron chi connectivity index (χ1n) is 9.71. The molecule has 5 nitrogen and oxygen atoms in total. The number of nitrogens with zero attached hydrogens (tertiary/aromatic N) is 2. The molecule has 0 spiro atoms. The maximum atomic E-state index is 6.46. The molecule has 1 aromatic rings. The molecule has 0 saturated carbocycles. The van der Waals surface area contributed by atoms with E-state index < -0.39 is 0 Å². The van der Waals surface area contributed by atoms with Crippen LogP contribution in [-0.2, 0) is 6.54 Å². The zero-order valence-corrected chi connectivity index (χ0v) is 16.0. The summed E-state index contributed by atoms with van der Waals surface area (Å²) in [5.41, 5.74) is 2.54. The van der Waals surface area contributed by atoms with Crippen LogP contribution in [0.4, 0.5) is 5.69 Å². The van der Waals surface area contributed by atoms with Gasteiger partial charge in [0, 0.05) is 82.7 Å². The standard InChI is InChI=1S/C15H22ClN3.C4H10N2/c16-15-11-14(19-7-1-2-8-19)4-3-13(15)12-18-9-5-17-6-10-18;1-2-6-4-3-5-1/h3-4,11,17H,1-2,5-10,12H2;5-6H,1-4H2. The highest BCUT2D eigenvalue weighted by Gasteiger charge is 2.15. The summed E-state index contributed by atoms with van der Waals surface area (Å²) in [5.74, 6) is 0. The molecule has 3 N–H and O–H groups in total. The lowest BCUT2D eigenvalue weighted by molar-refractivity contribution is 0.233. The maximum Gasteiger partial charge on any atom is 0.0471 e. The normalized spacial score (nSPS) is 21.7. The van der Waals surface area contributed by atoms with Gasteiger partial charge >= 0.3 is 0 Å². The third-order valence-electron chi connectivity index (χ3n) is 5.07. The Kier molecular flexibility index (Phi) is 7.82. The van der Waals surface area contributed by atoms with Crippen molar-refractivity contribution in [2.75, 3.05) is 70.3 Å². The van der Waals surface area contributed by atoms with Gasteiger partial charge in [0.15, 0.2) is 0 Å². The van der Waals surface area contributed by atoms with Gasteiger partial charge in [-0.05, 0) is 30.5 Å². The lowest BCUT2D eigenvalue weighted by Gasteiger charge is -2.28. The second-order valence-corrected chi connectivity index (χ2v) is 7.40. The van der Waals surface area contributed by atoms with Crippen LogP contribution >= 0.6 is 11.6 Å². The van der Waals surface area contributed by atoms with E-state index in [4.69, 9.17) is 11.6 Å². The highest BCUT2D eigenvalue weighted by atomic mass is 35.5. The molecule has 4 rings (SSSR count). The monoisotopic (exact) mass is 365 g/mol. The highest BCUT2D eigenvalue weighted by Crippen LogP contribution is 2.27. The fraction of sp³-hybridized carbons (Fsp3) is 0.684. The minimum absolute atomic E-state index is 0.919. The van der Waals surface area contributed by atoms with Crippen molar-refractivity contribution in [2.45, 2.75) is 19.4 Å². The number of anilines is 1. The van der Waals surface area contributed by atoms with Gasteiger partial charge in [0.1, 0.15) is 0 Å². The molecule has 3 aliphatic heterocycles. The zero-order chi connectivity index (χ0) is 17.3. The van der Waals surface area contributed by atoms with E-state index in [1.807, 2.05) is 0 Å². The van der Waals surface area contributed by atoms with Gasteiger partial charge < -0.3 is 20.9 Å². The minimum atomic E-state index is 0.919. The number of hydrogen-bond donors (Lipinski definition) is 3. The first kappa shape index (κ1) is 18.9. The fourth-order valence-corrected chi connectivity index (χ4v) is 3.78. The topological polar surface area (TPSA) is 42.6 Å². The summed E-state index contributed by atoms with van der Waals surface area (Å²) >= 11 is 6.46. The molecular weight excluding hydrogens is 334 g/mol. The van der Waals surface area contributed by atoms with Crippen LogP contribution in [0.2, 0.25) is 5.02 Å². The Morgan fingerprint density at radius 2 is 1.40 bits per heavy atom. The van der Waals surface area contributed by atoms with Crippen molar-refractivity contribution >= 4 is 17.3 Å². The maximum absolute atomic E-state index is 6.46. The molecule has 1 aromatic carbocycles.